The minimum Gasteiger partial charge on any atom is -0.480 e. The van der Waals surface area contributed by atoms with E-state index in [0.717, 1.165) is 0 Å². The summed E-state index contributed by atoms with van der Waals surface area (Å²) in [6.45, 7) is 2.29. The number of benzene rings is 1. The molecule has 1 aromatic carbocycles. The average Bonchev–Trinajstić information content (AvgIpc) is 2.24. The van der Waals surface area contributed by atoms with Crippen LogP contribution in [0, 0.1) is 19.7 Å². The molecule has 0 bridgehead atoms. The molecular formula is C12H13FO4. The van der Waals surface area contributed by atoms with E-state index in [9.17, 15) is 14.0 Å². The topological polar surface area (TPSA) is 63.6 Å². The van der Waals surface area contributed by atoms with Crippen LogP contribution in [-0.4, -0.2) is 30.1 Å². The van der Waals surface area contributed by atoms with Crippen molar-refractivity contribution >= 4 is 11.8 Å². The van der Waals surface area contributed by atoms with E-state index in [0.29, 0.717) is 16.7 Å². The van der Waals surface area contributed by atoms with Crippen molar-refractivity contribution in [1.29, 1.82) is 0 Å². The maximum atomic E-state index is 13.3. The summed E-state index contributed by atoms with van der Waals surface area (Å²) in [7, 11) is 0. The van der Waals surface area contributed by atoms with Gasteiger partial charge in [0.15, 0.2) is 5.78 Å². The van der Waals surface area contributed by atoms with E-state index in [1.807, 2.05) is 0 Å². The van der Waals surface area contributed by atoms with Crippen LogP contribution in [0.4, 0.5) is 4.39 Å². The molecule has 1 rings (SSSR count). The molecule has 0 fully saturated rings. The Kier molecular flexibility index (Phi) is 4.34. The van der Waals surface area contributed by atoms with Gasteiger partial charge in [-0.3, -0.25) is 4.79 Å². The molecule has 0 aliphatic carbocycles. The molecule has 0 atom stereocenters. The van der Waals surface area contributed by atoms with Crippen molar-refractivity contribution in [2.24, 2.45) is 0 Å². The zero-order valence-electron chi connectivity index (χ0n) is 9.62. The minimum atomic E-state index is -1.13. The highest BCUT2D eigenvalue weighted by Crippen LogP contribution is 2.15. The Morgan fingerprint density at radius 3 is 2.24 bits per heavy atom. The van der Waals surface area contributed by atoms with Crippen LogP contribution in [0.3, 0.4) is 0 Å². The largest absolute Gasteiger partial charge is 0.480 e. The number of Topliss-reactive ketones (excluding diaryl/α,β-unsaturated/α-hetero) is 1. The Bertz CT molecular complexity index is 431. The highest BCUT2D eigenvalue weighted by molar-refractivity contribution is 5.97. The summed E-state index contributed by atoms with van der Waals surface area (Å²) in [6, 6.07) is 2.85. The van der Waals surface area contributed by atoms with Crippen molar-refractivity contribution in [2.75, 3.05) is 13.2 Å². The highest BCUT2D eigenvalue weighted by Gasteiger charge is 2.11. The quantitative estimate of drug-likeness (QED) is 0.796. The fourth-order valence-corrected chi connectivity index (χ4v) is 1.42. The van der Waals surface area contributed by atoms with Gasteiger partial charge in [-0.2, -0.15) is 0 Å². The Balaban J connectivity index is 2.73. The van der Waals surface area contributed by atoms with Gasteiger partial charge in [0.1, 0.15) is 19.0 Å². The lowest BCUT2D eigenvalue weighted by atomic mass is 10.0. The number of rotatable bonds is 5. The van der Waals surface area contributed by atoms with Crippen molar-refractivity contribution in [3.8, 4) is 0 Å². The summed E-state index contributed by atoms with van der Waals surface area (Å²) in [5.41, 5.74) is 1.09. The second-order valence-electron chi connectivity index (χ2n) is 3.73. The van der Waals surface area contributed by atoms with E-state index in [1.54, 1.807) is 13.8 Å². The first kappa shape index (κ1) is 13.3. The van der Waals surface area contributed by atoms with Gasteiger partial charge >= 0.3 is 5.97 Å². The number of halogens is 1. The molecule has 1 N–H and O–H groups in total. The Hall–Kier alpha value is -1.75. The number of hydrogen-bond acceptors (Lipinski definition) is 3. The van der Waals surface area contributed by atoms with Crippen molar-refractivity contribution in [2.45, 2.75) is 13.8 Å². The summed E-state index contributed by atoms with van der Waals surface area (Å²) in [4.78, 5) is 21.8. The van der Waals surface area contributed by atoms with Crippen LogP contribution >= 0.6 is 0 Å². The van der Waals surface area contributed by atoms with E-state index < -0.39 is 12.6 Å². The molecule has 0 saturated carbocycles. The molecule has 5 heteroatoms. The molecule has 0 unspecified atom stereocenters. The van der Waals surface area contributed by atoms with E-state index in [-0.39, 0.29) is 18.2 Å². The van der Waals surface area contributed by atoms with Crippen molar-refractivity contribution < 1.29 is 23.8 Å². The Labute approximate surface area is 98.0 Å². The van der Waals surface area contributed by atoms with Crippen LogP contribution in [-0.2, 0) is 9.53 Å². The number of carboxylic acid groups (broad SMARTS) is 1. The van der Waals surface area contributed by atoms with Crippen LogP contribution in [0.2, 0.25) is 0 Å². The molecule has 0 radical (unpaired) electrons. The lowest BCUT2D eigenvalue weighted by molar-refractivity contribution is -0.141. The van der Waals surface area contributed by atoms with Gasteiger partial charge in [-0.1, -0.05) is 0 Å². The third-order valence-corrected chi connectivity index (χ3v) is 2.22. The number of carbonyl (C=O) groups excluding carboxylic acids is 1. The molecule has 17 heavy (non-hydrogen) atoms. The number of aliphatic carboxylic acids is 1. The smallest absolute Gasteiger partial charge is 0.329 e. The summed E-state index contributed by atoms with van der Waals surface area (Å²) in [5.74, 6) is -1.84. The maximum Gasteiger partial charge on any atom is 0.329 e. The lowest BCUT2D eigenvalue weighted by Gasteiger charge is -2.06. The minimum absolute atomic E-state index is 0.323. The predicted molar refractivity (Wildman–Crippen MR) is 58.7 cm³/mol. The van der Waals surface area contributed by atoms with Crippen molar-refractivity contribution in [3.05, 3.63) is 34.6 Å². The SMILES string of the molecule is Cc1cc(C(=O)COCC(=O)O)cc(C)c1F. The van der Waals surface area contributed by atoms with Crippen LogP contribution in [0.15, 0.2) is 12.1 Å². The monoisotopic (exact) mass is 240 g/mol. The molecule has 0 aliphatic heterocycles. The highest BCUT2D eigenvalue weighted by atomic mass is 19.1. The maximum absolute atomic E-state index is 13.3. The van der Waals surface area contributed by atoms with Crippen molar-refractivity contribution in [3.63, 3.8) is 0 Å². The summed E-state index contributed by atoms with van der Waals surface area (Å²) >= 11 is 0. The number of ketones is 1. The molecule has 0 aliphatic rings. The second-order valence-corrected chi connectivity index (χ2v) is 3.73. The number of carbonyl (C=O) groups is 2. The van der Waals surface area contributed by atoms with E-state index in [2.05, 4.69) is 4.74 Å². The van der Waals surface area contributed by atoms with Crippen LogP contribution < -0.4 is 0 Å². The summed E-state index contributed by atoms with van der Waals surface area (Å²) in [6.07, 6.45) is 0. The zero-order chi connectivity index (χ0) is 13.0. The van der Waals surface area contributed by atoms with Gasteiger partial charge in [0.2, 0.25) is 0 Å². The second kappa shape index (κ2) is 5.54. The first-order valence-corrected chi connectivity index (χ1v) is 5.01. The van der Waals surface area contributed by atoms with Gasteiger partial charge in [-0.25, -0.2) is 9.18 Å². The predicted octanol–water partition coefficient (Wildman–Crippen LogP) is 1.73. The number of ether oxygens (including phenoxy) is 1. The van der Waals surface area contributed by atoms with E-state index in [1.165, 1.54) is 12.1 Å². The zero-order valence-corrected chi connectivity index (χ0v) is 9.62. The summed E-state index contributed by atoms with van der Waals surface area (Å²) in [5, 5.41) is 8.34. The molecule has 92 valence electrons. The van der Waals surface area contributed by atoms with Crippen LogP contribution in [0.1, 0.15) is 21.5 Å². The molecule has 0 heterocycles. The van der Waals surface area contributed by atoms with Gasteiger partial charge in [0, 0.05) is 5.56 Å². The normalized spacial score (nSPS) is 10.3. The summed E-state index contributed by atoms with van der Waals surface area (Å²) < 4.78 is 18.0. The first-order chi connectivity index (χ1) is 7.91. The third kappa shape index (κ3) is 3.64. The van der Waals surface area contributed by atoms with Crippen molar-refractivity contribution in [1.82, 2.24) is 0 Å². The average molecular weight is 240 g/mol. The molecular weight excluding hydrogens is 227 g/mol. The fraction of sp³-hybridized carbons (Fsp3) is 0.333. The van der Waals surface area contributed by atoms with Gasteiger partial charge in [0.25, 0.3) is 0 Å². The molecule has 1 aromatic rings. The third-order valence-electron chi connectivity index (χ3n) is 2.22. The number of hydrogen-bond donors (Lipinski definition) is 1. The number of aryl methyl sites for hydroxylation is 2. The van der Waals surface area contributed by atoms with E-state index in [4.69, 9.17) is 5.11 Å². The molecule has 0 spiro atoms. The molecule has 0 aromatic heterocycles. The van der Waals surface area contributed by atoms with Gasteiger partial charge in [-0.05, 0) is 37.1 Å². The molecule has 0 saturated heterocycles. The Morgan fingerprint density at radius 2 is 1.76 bits per heavy atom. The molecule has 0 amide bonds. The lowest BCUT2D eigenvalue weighted by Crippen LogP contribution is -2.14. The van der Waals surface area contributed by atoms with Gasteiger partial charge in [-0.15, -0.1) is 0 Å². The van der Waals surface area contributed by atoms with Crippen LogP contribution in [0.5, 0.6) is 0 Å². The first-order valence-electron chi connectivity index (χ1n) is 5.01. The van der Waals surface area contributed by atoms with Crippen LogP contribution in [0.25, 0.3) is 0 Å². The fourth-order valence-electron chi connectivity index (χ4n) is 1.42. The molecule has 4 nitrogen and oxygen atoms in total. The van der Waals surface area contributed by atoms with E-state index >= 15 is 0 Å². The van der Waals surface area contributed by atoms with Gasteiger partial charge < -0.3 is 9.84 Å². The standard InChI is InChI=1S/C12H13FO4/c1-7-3-9(4-8(2)12(7)13)10(14)5-17-6-11(15)16/h3-4H,5-6H2,1-2H3,(H,15,16). The number of carboxylic acids is 1. The van der Waals surface area contributed by atoms with Gasteiger partial charge in [0.05, 0.1) is 0 Å². The Morgan fingerprint density at radius 1 is 1.24 bits per heavy atom.